The number of hydrogen-bond acceptors (Lipinski definition) is 4. The Bertz CT molecular complexity index is 529. The van der Waals surface area contributed by atoms with Crippen molar-refractivity contribution in [1.82, 2.24) is 5.32 Å². The minimum absolute atomic E-state index is 0.0414. The highest BCUT2D eigenvalue weighted by Crippen LogP contribution is 2.12. The second-order valence-corrected chi connectivity index (χ2v) is 4.75. The Morgan fingerprint density at radius 2 is 2.00 bits per heavy atom. The summed E-state index contributed by atoms with van der Waals surface area (Å²) in [7, 11) is 0. The van der Waals surface area contributed by atoms with Gasteiger partial charge in [-0.3, -0.25) is 14.9 Å². The molecular weight excluding hydrogens is 256 g/mol. The normalized spacial score (nSPS) is 16.4. The summed E-state index contributed by atoms with van der Waals surface area (Å²) >= 11 is 0. The summed E-state index contributed by atoms with van der Waals surface area (Å²) in [6, 6.07) is 0. The van der Waals surface area contributed by atoms with Crippen molar-refractivity contribution in [3.05, 3.63) is 11.6 Å². The van der Waals surface area contributed by atoms with E-state index in [0.29, 0.717) is 17.8 Å². The van der Waals surface area contributed by atoms with Crippen LogP contribution < -0.4 is 5.32 Å². The molecule has 2 amide bonds. The number of carbonyl (C=O) groups is 2. The maximum atomic E-state index is 11.7. The molecule has 20 heavy (non-hydrogen) atoms. The largest absolute Gasteiger partial charge is 0.294 e. The zero-order valence-corrected chi connectivity index (χ0v) is 11.6. The van der Waals surface area contributed by atoms with Crippen LogP contribution in [0.4, 0.5) is 0 Å². The summed E-state index contributed by atoms with van der Waals surface area (Å²) in [5, 5.41) is 2.55. The van der Waals surface area contributed by atoms with Gasteiger partial charge >= 0.3 is 0 Å². The highest BCUT2D eigenvalue weighted by Gasteiger charge is 2.24. The monoisotopic (exact) mass is 274 g/mol. The van der Waals surface area contributed by atoms with Crippen LogP contribution in [0, 0.1) is 0 Å². The Kier molecular flexibility index (Phi) is 4.92. The number of carbonyl (C=O) groups excluding carboxylic acids is 2. The molecule has 106 valence electrons. The third-order valence-corrected chi connectivity index (χ3v) is 3.09. The number of rotatable bonds is 6. The maximum Gasteiger partial charge on any atom is 0.284 e. The third kappa shape index (κ3) is 3.69. The molecule has 6 heteroatoms. The van der Waals surface area contributed by atoms with Gasteiger partial charge in [0.15, 0.2) is 5.84 Å². The van der Waals surface area contributed by atoms with Crippen LogP contribution >= 0.6 is 0 Å². The van der Waals surface area contributed by atoms with Gasteiger partial charge < -0.3 is 0 Å². The molecule has 2 rings (SSSR count). The second-order valence-electron chi connectivity index (χ2n) is 4.75. The summed E-state index contributed by atoms with van der Waals surface area (Å²) in [5.74, 6) is -0.208. The van der Waals surface area contributed by atoms with E-state index in [1.807, 2.05) is 0 Å². The molecule has 0 fully saturated rings. The summed E-state index contributed by atoms with van der Waals surface area (Å²) in [6.45, 7) is 2.15. The Balaban J connectivity index is 1.79. The fraction of sp³-hybridized carbons (Fsp3) is 0.500. The number of amidine groups is 1. The highest BCUT2D eigenvalue weighted by atomic mass is 16.2. The van der Waals surface area contributed by atoms with Crippen LogP contribution in [0.1, 0.15) is 45.4 Å². The number of fused-ring (bicyclic) bond motifs is 1. The first-order valence-corrected chi connectivity index (χ1v) is 6.97. The third-order valence-electron chi connectivity index (χ3n) is 3.09. The molecule has 0 saturated carbocycles. The average molecular weight is 274 g/mol. The molecule has 0 saturated heterocycles. The number of nitrogens with zero attached hydrogens (tertiary/aromatic N) is 3. The van der Waals surface area contributed by atoms with E-state index in [-0.39, 0.29) is 11.9 Å². The zero-order valence-electron chi connectivity index (χ0n) is 11.6. The molecule has 0 bridgehead atoms. The number of unbranched alkanes of at least 4 members (excludes halogenated alkanes) is 4. The lowest BCUT2D eigenvalue weighted by atomic mass is 10.1. The van der Waals surface area contributed by atoms with Crippen LogP contribution in [-0.2, 0) is 9.59 Å². The minimum atomic E-state index is -0.411. The lowest BCUT2D eigenvalue weighted by molar-refractivity contribution is -0.119. The van der Waals surface area contributed by atoms with Crippen LogP contribution in [0.3, 0.4) is 0 Å². The summed E-state index contributed by atoms with van der Waals surface area (Å²) in [5.41, 5.74) is 0.377. The van der Waals surface area contributed by atoms with Crippen molar-refractivity contribution in [1.29, 1.82) is 0 Å². The molecule has 6 nitrogen and oxygen atoms in total. The Labute approximate surface area is 117 Å². The molecule has 2 aliphatic rings. The standard InChI is InChI=1S/C14H18N4O2/c1-2-3-4-5-6-7-11(19)16-14-17-12-10(8-9-15-12)13(20)18-14/h8-9H,2-7H2,1H3,(H,16,18,19,20). The van der Waals surface area contributed by atoms with Crippen LogP contribution in [0.5, 0.6) is 0 Å². The van der Waals surface area contributed by atoms with E-state index in [2.05, 4.69) is 27.2 Å². The van der Waals surface area contributed by atoms with E-state index in [9.17, 15) is 9.59 Å². The van der Waals surface area contributed by atoms with Gasteiger partial charge in [0.1, 0.15) is 0 Å². The SMILES string of the molecule is CCCCCCCC(=O)NC1=NC(=O)C2=CC=NC2=N1. The van der Waals surface area contributed by atoms with E-state index in [1.165, 1.54) is 19.1 Å². The van der Waals surface area contributed by atoms with Gasteiger partial charge in [0.05, 0.1) is 5.57 Å². The van der Waals surface area contributed by atoms with Gasteiger partial charge in [-0.2, -0.15) is 9.98 Å². The molecule has 0 atom stereocenters. The van der Waals surface area contributed by atoms with Crippen molar-refractivity contribution < 1.29 is 9.59 Å². The van der Waals surface area contributed by atoms with Crippen molar-refractivity contribution in [2.24, 2.45) is 15.0 Å². The molecule has 0 aromatic carbocycles. The van der Waals surface area contributed by atoms with Gasteiger partial charge in [-0.15, -0.1) is 0 Å². The first-order chi connectivity index (χ1) is 9.70. The smallest absolute Gasteiger partial charge is 0.284 e. The van der Waals surface area contributed by atoms with Gasteiger partial charge in [0.25, 0.3) is 5.91 Å². The quantitative estimate of drug-likeness (QED) is 0.749. The number of hydrogen-bond donors (Lipinski definition) is 1. The first kappa shape index (κ1) is 14.3. The topological polar surface area (TPSA) is 83.2 Å². The summed E-state index contributed by atoms with van der Waals surface area (Å²) in [4.78, 5) is 35.1. The number of allylic oxidation sites excluding steroid dienone is 1. The number of aliphatic imine (C=N–C) groups is 3. The van der Waals surface area contributed by atoms with Crippen LogP contribution in [0.25, 0.3) is 0 Å². The zero-order chi connectivity index (χ0) is 14.4. The van der Waals surface area contributed by atoms with E-state index in [4.69, 9.17) is 0 Å². The average Bonchev–Trinajstić information content (AvgIpc) is 2.87. The number of amides is 2. The maximum absolute atomic E-state index is 11.7. The molecule has 2 heterocycles. The van der Waals surface area contributed by atoms with E-state index < -0.39 is 5.91 Å². The van der Waals surface area contributed by atoms with Crippen LogP contribution in [0.15, 0.2) is 26.6 Å². The van der Waals surface area contributed by atoms with E-state index >= 15 is 0 Å². The van der Waals surface area contributed by atoms with Gasteiger partial charge in [0.2, 0.25) is 11.9 Å². The molecule has 0 aromatic rings. The molecule has 2 aliphatic heterocycles. The molecular formula is C14H18N4O2. The van der Waals surface area contributed by atoms with Crippen molar-refractivity contribution in [2.75, 3.05) is 0 Å². The van der Waals surface area contributed by atoms with Crippen LogP contribution in [-0.4, -0.2) is 29.8 Å². The van der Waals surface area contributed by atoms with Crippen LogP contribution in [0.2, 0.25) is 0 Å². The Hall–Kier alpha value is -2.11. The number of nitrogens with one attached hydrogen (secondary N) is 1. The van der Waals surface area contributed by atoms with Gasteiger partial charge in [-0.1, -0.05) is 32.6 Å². The minimum Gasteiger partial charge on any atom is -0.294 e. The second kappa shape index (κ2) is 6.88. The number of guanidine groups is 1. The lowest BCUT2D eigenvalue weighted by Crippen LogP contribution is -2.33. The summed E-state index contributed by atoms with van der Waals surface area (Å²) in [6.07, 6.45) is 8.90. The van der Waals surface area contributed by atoms with Gasteiger partial charge in [-0.05, 0) is 12.5 Å². The predicted molar refractivity (Wildman–Crippen MR) is 78.0 cm³/mol. The van der Waals surface area contributed by atoms with E-state index in [1.54, 1.807) is 6.08 Å². The molecule has 0 radical (unpaired) electrons. The van der Waals surface area contributed by atoms with Gasteiger partial charge in [-0.25, -0.2) is 4.99 Å². The van der Waals surface area contributed by atoms with Crippen molar-refractivity contribution in [3.8, 4) is 0 Å². The molecule has 0 unspecified atom stereocenters. The van der Waals surface area contributed by atoms with Crippen molar-refractivity contribution >= 4 is 29.8 Å². The lowest BCUT2D eigenvalue weighted by Gasteiger charge is -2.09. The Morgan fingerprint density at radius 3 is 2.80 bits per heavy atom. The fourth-order valence-electron chi connectivity index (χ4n) is 2.00. The fourth-order valence-corrected chi connectivity index (χ4v) is 2.00. The predicted octanol–water partition coefficient (Wildman–Crippen LogP) is 1.77. The van der Waals surface area contributed by atoms with Crippen molar-refractivity contribution in [2.45, 2.75) is 45.4 Å². The summed E-state index contributed by atoms with van der Waals surface area (Å²) < 4.78 is 0. The first-order valence-electron chi connectivity index (χ1n) is 6.97. The molecule has 0 aromatic heterocycles. The van der Waals surface area contributed by atoms with Gasteiger partial charge in [0, 0.05) is 12.6 Å². The molecule has 1 N–H and O–H groups in total. The molecule has 0 spiro atoms. The Morgan fingerprint density at radius 1 is 1.20 bits per heavy atom. The van der Waals surface area contributed by atoms with Crippen molar-refractivity contribution in [3.63, 3.8) is 0 Å². The van der Waals surface area contributed by atoms with E-state index in [0.717, 1.165) is 19.3 Å². The molecule has 0 aliphatic carbocycles. The highest BCUT2D eigenvalue weighted by molar-refractivity contribution is 6.33.